The summed E-state index contributed by atoms with van der Waals surface area (Å²) in [6, 6.07) is 7.97. The third-order valence-corrected chi connectivity index (χ3v) is 3.98. The lowest BCUT2D eigenvalue weighted by Gasteiger charge is -2.12. The molecule has 19 heavy (non-hydrogen) atoms. The molecule has 0 unspecified atom stereocenters. The molecule has 3 rings (SSSR count). The minimum absolute atomic E-state index is 0.0180. The molecule has 2 aromatic rings. The number of aromatic nitrogens is 1. The van der Waals surface area contributed by atoms with E-state index < -0.39 is 0 Å². The van der Waals surface area contributed by atoms with Gasteiger partial charge in [0.2, 0.25) is 5.91 Å². The number of aromatic amines is 1. The van der Waals surface area contributed by atoms with Gasteiger partial charge in [-0.25, -0.2) is 0 Å². The Bertz CT molecular complexity index is 599. The Hall–Kier alpha value is -1.81. The fourth-order valence-electron chi connectivity index (χ4n) is 2.37. The van der Waals surface area contributed by atoms with Gasteiger partial charge in [0.1, 0.15) is 0 Å². The smallest absolute Gasteiger partial charge is 0.224 e. The van der Waals surface area contributed by atoms with Crippen LogP contribution in [-0.4, -0.2) is 29.1 Å². The molecule has 0 bridgehead atoms. The predicted molar refractivity (Wildman–Crippen MR) is 73.8 cm³/mol. The number of benzene rings is 1. The van der Waals surface area contributed by atoms with Gasteiger partial charge in [-0.05, 0) is 24.5 Å². The molecule has 0 spiro atoms. The van der Waals surface area contributed by atoms with E-state index in [1.807, 2.05) is 30.5 Å². The van der Waals surface area contributed by atoms with Crippen LogP contribution in [0.25, 0.3) is 10.9 Å². The molecule has 1 saturated carbocycles. The number of nitrogens with one attached hydrogen (secondary N) is 2. The van der Waals surface area contributed by atoms with E-state index in [9.17, 15) is 9.90 Å². The van der Waals surface area contributed by atoms with Crippen molar-refractivity contribution in [3.8, 4) is 0 Å². The number of aliphatic hydroxyl groups excluding tert-OH is 1. The Morgan fingerprint density at radius 1 is 1.37 bits per heavy atom. The van der Waals surface area contributed by atoms with Gasteiger partial charge in [0.05, 0.1) is 13.0 Å². The second-order valence-electron chi connectivity index (χ2n) is 5.47. The number of carbonyl (C=O) groups excluding carboxylic acids is 1. The van der Waals surface area contributed by atoms with E-state index in [0.717, 1.165) is 29.3 Å². The number of aliphatic hydroxyl groups is 1. The molecule has 1 heterocycles. The van der Waals surface area contributed by atoms with E-state index in [1.54, 1.807) is 0 Å². The summed E-state index contributed by atoms with van der Waals surface area (Å²) >= 11 is 0. The molecule has 1 aromatic heterocycles. The molecule has 4 heteroatoms. The van der Waals surface area contributed by atoms with Crippen molar-refractivity contribution >= 4 is 16.8 Å². The van der Waals surface area contributed by atoms with Crippen LogP contribution in [0.5, 0.6) is 0 Å². The molecule has 1 aliphatic carbocycles. The lowest BCUT2D eigenvalue weighted by atomic mass is 10.1. The van der Waals surface area contributed by atoms with Crippen molar-refractivity contribution < 1.29 is 9.90 Å². The molecule has 0 atom stereocenters. The van der Waals surface area contributed by atoms with E-state index >= 15 is 0 Å². The zero-order valence-corrected chi connectivity index (χ0v) is 10.8. The molecule has 100 valence electrons. The van der Waals surface area contributed by atoms with Crippen LogP contribution in [0, 0.1) is 5.41 Å². The standard InChI is InChI=1S/C15H18N2O2/c18-10-15(5-6-15)9-17-14(19)7-11-8-16-13-4-2-1-3-12(11)13/h1-4,8,16,18H,5-7,9-10H2,(H,17,19). The number of carbonyl (C=O) groups is 1. The Morgan fingerprint density at radius 2 is 2.16 bits per heavy atom. The summed E-state index contributed by atoms with van der Waals surface area (Å²) in [7, 11) is 0. The fraction of sp³-hybridized carbons (Fsp3) is 0.400. The third kappa shape index (κ3) is 2.49. The van der Waals surface area contributed by atoms with Gasteiger partial charge < -0.3 is 15.4 Å². The molecule has 0 aliphatic heterocycles. The summed E-state index contributed by atoms with van der Waals surface area (Å²) in [5.41, 5.74) is 2.04. The highest BCUT2D eigenvalue weighted by atomic mass is 16.3. The number of para-hydroxylation sites is 1. The molecule has 3 N–H and O–H groups in total. The Kier molecular flexibility index (Phi) is 3.03. The van der Waals surface area contributed by atoms with Crippen LogP contribution in [0.3, 0.4) is 0 Å². The van der Waals surface area contributed by atoms with Gasteiger partial charge >= 0.3 is 0 Å². The van der Waals surface area contributed by atoms with Gasteiger partial charge in [-0.15, -0.1) is 0 Å². The molecular weight excluding hydrogens is 240 g/mol. The number of rotatable bonds is 5. The summed E-state index contributed by atoms with van der Waals surface area (Å²) < 4.78 is 0. The molecular formula is C15H18N2O2. The van der Waals surface area contributed by atoms with Gasteiger partial charge in [0.25, 0.3) is 0 Å². The maximum Gasteiger partial charge on any atom is 0.224 e. The number of hydrogen-bond donors (Lipinski definition) is 3. The summed E-state index contributed by atoms with van der Waals surface area (Å²) in [4.78, 5) is 15.1. The van der Waals surface area contributed by atoms with Gasteiger partial charge in [-0.3, -0.25) is 4.79 Å². The average molecular weight is 258 g/mol. The van der Waals surface area contributed by atoms with Crippen molar-refractivity contribution in [2.45, 2.75) is 19.3 Å². The topological polar surface area (TPSA) is 65.1 Å². The summed E-state index contributed by atoms with van der Waals surface area (Å²) in [5.74, 6) is 0.0180. The molecule has 1 aromatic carbocycles. The minimum atomic E-state index is -0.0319. The minimum Gasteiger partial charge on any atom is -0.396 e. The van der Waals surface area contributed by atoms with E-state index in [0.29, 0.717) is 13.0 Å². The first-order chi connectivity index (χ1) is 9.22. The number of H-pyrrole nitrogens is 1. The second-order valence-corrected chi connectivity index (χ2v) is 5.47. The number of fused-ring (bicyclic) bond motifs is 1. The molecule has 1 aliphatic rings. The van der Waals surface area contributed by atoms with Crippen LogP contribution in [-0.2, 0) is 11.2 Å². The van der Waals surface area contributed by atoms with E-state index in [4.69, 9.17) is 0 Å². The Labute approximate surface area is 111 Å². The van der Waals surface area contributed by atoms with E-state index in [1.165, 1.54) is 0 Å². The first-order valence-corrected chi connectivity index (χ1v) is 6.65. The van der Waals surface area contributed by atoms with Gasteiger partial charge in [-0.1, -0.05) is 18.2 Å². The highest BCUT2D eigenvalue weighted by Gasteiger charge is 2.41. The van der Waals surface area contributed by atoms with Crippen molar-refractivity contribution in [1.82, 2.24) is 10.3 Å². The first kappa shape index (κ1) is 12.2. The highest BCUT2D eigenvalue weighted by Crippen LogP contribution is 2.44. The maximum atomic E-state index is 11.9. The average Bonchev–Trinajstić information content (AvgIpc) is 3.13. The maximum absolute atomic E-state index is 11.9. The number of amides is 1. The predicted octanol–water partition coefficient (Wildman–Crippen LogP) is 1.60. The van der Waals surface area contributed by atoms with Gasteiger partial charge in [0, 0.05) is 29.1 Å². The van der Waals surface area contributed by atoms with Crippen LogP contribution in [0.2, 0.25) is 0 Å². The summed E-state index contributed by atoms with van der Waals surface area (Å²) in [5, 5.41) is 13.2. The molecule has 1 amide bonds. The van der Waals surface area contributed by atoms with Gasteiger partial charge in [0.15, 0.2) is 0 Å². The van der Waals surface area contributed by atoms with Crippen LogP contribution in [0.15, 0.2) is 30.5 Å². The number of hydrogen-bond acceptors (Lipinski definition) is 2. The van der Waals surface area contributed by atoms with E-state index in [2.05, 4.69) is 10.3 Å². The SMILES string of the molecule is O=C(Cc1c[nH]c2ccccc12)NCC1(CO)CC1. The third-order valence-electron chi connectivity index (χ3n) is 3.98. The Morgan fingerprint density at radius 3 is 2.89 bits per heavy atom. The lowest BCUT2D eigenvalue weighted by molar-refractivity contribution is -0.120. The molecule has 0 radical (unpaired) electrons. The zero-order valence-electron chi connectivity index (χ0n) is 10.8. The van der Waals surface area contributed by atoms with Crippen LogP contribution in [0.1, 0.15) is 18.4 Å². The largest absolute Gasteiger partial charge is 0.396 e. The first-order valence-electron chi connectivity index (χ1n) is 6.65. The molecule has 4 nitrogen and oxygen atoms in total. The van der Waals surface area contributed by atoms with E-state index in [-0.39, 0.29) is 17.9 Å². The lowest BCUT2D eigenvalue weighted by Crippen LogP contribution is -2.32. The summed E-state index contributed by atoms with van der Waals surface area (Å²) in [6.45, 7) is 0.755. The van der Waals surface area contributed by atoms with Crippen molar-refractivity contribution in [1.29, 1.82) is 0 Å². The monoisotopic (exact) mass is 258 g/mol. The zero-order chi connectivity index (χ0) is 13.3. The van der Waals surface area contributed by atoms with Gasteiger partial charge in [-0.2, -0.15) is 0 Å². The van der Waals surface area contributed by atoms with Crippen molar-refractivity contribution in [3.63, 3.8) is 0 Å². The van der Waals surface area contributed by atoms with Crippen LogP contribution in [0.4, 0.5) is 0 Å². The Balaban J connectivity index is 1.63. The van der Waals surface area contributed by atoms with Crippen molar-refractivity contribution in [3.05, 3.63) is 36.0 Å². The van der Waals surface area contributed by atoms with Crippen LogP contribution >= 0.6 is 0 Å². The fourth-order valence-corrected chi connectivity index (χ4v) is 2.37. The van der Waals surface area contributed by atoms with Crippen molar-refractivity contribution in [2.24, 2.45) is 5.41 Å². The van der Waals surface area contributed by atoms with Crippen LogP contribution < -0.4 is 5.32 Å². The second kappa shape index (κ2) is 4.70. The normalized spacial score (nSPS) is 16.5. The summed E-state index contributed by atoms with van der Waals surface area (Å²) in [6.07, 6.45) is 4.29. The molecule has 0 saturated heterocycles. The quantitative estimate of drug-likeness (QED) is 0.762. The van der Waals surface area contributed by atoms with Crippen molar-refractivity contribution in [2.75, 3.05) is 13.2 Å². The highest BCUT2D eigenvalue weighted by molar-refractivity contribution is 5.88. The molecule has 1 fully saturated rings.